The van der Waals surface area contributed by atoms with Gasteiger partial charge in [-0.1, -0.05) is 12.1 Å². The van der Waals surface area contributed by atoms with E-state index in [9.17, 15) is 17.6 Å². The Balaban J connectivity index is 2.55. The number of benzene rings is 1. The van der Waals surface area contributed by atoms with Crippen LogP contribution < -0.4 is 5.73 Å². The number of aliphatic hydroxyl groups excluding tert-OH is 1. The van der Waals surface area contributed by atoms with Crippen LogP contribution in [0, 0.1) is 11.6 Å². The number of alkyl halides is 2. The molecule has 0 radical (unpaired) electrons. The zero-order chi connectivity index (χ0) is 15.6. The predicted octanol–water partition coefficient (Wildman–Crippen LogP) is 2.32. The molecule has 0 bridgehead atoms. The Kier molecular flexibility index (Phi) is 4.24. The van der Waals surface area contributed by atoms with Crippen LogP contribution in [0.5, 0.6) is 0 Å². The molecule has 0 aliphatic rings. The number of nitrogens with zero attached hydrogens (tertiary/aromatic N) is 1. The maximum atomic E-state index is 13.4. The Labute approximate surface area is 118 Å². The summed E-state index contributed by atoms with van der Waals surface area (Å²) in [5, 5.41) is 8.91. The molecule has 2 aromatic rings. The average molecular weight is 300 g/mol. The van der Waals surface area contributed by atoms with Gasteiger partial charge in [0.1, 0.15) is 5.54 Å². The second-order valence-corrected chi connectivity index (χ2v) is 4.51. The van der Waals surface area contributed by atoms with Gasteiger partial charge >= 0.3 is 0 Å². The van der Waals surface area contributed by atoms with Crippen molar-refractivity contribution in [1.82, 2.24) is 4.98 Å². The molecule has 0 spiro atoms. The van der Waals surface area contributed by atoms with Crippen LogP contribution in [0.25, 0.3) is 0 Å². The predicted molar refractivity (Wildman–Crippen MR) is 67.5 cm³/mol. The summed E-state index contributed by atoms with van der Waals surface area (Å²) < 4.78 is 53.1. The summed E-state index contributed by atoms with van der Waals surface area (Å²) >= 11 is 0. The molecular weight excluding hydrogens is 288 g/mol. The maximum Gasteiger partial charge on any atom is 0.266 e. The standard InChI is InChI=1S/C14H12F4N2O/c15-10-3-2-9(5-11(10)16)14(19,13(17)18)12-4-1-8(7-21)6-20-12/h1-6,13,21H,7,19H2. The number of halogens is 4. The molecule has 3 N–H and O–H groups in total. The largest absolute Gasteiger partial charge is 0.392 e. The van der Waals surface area contributed by atoms with Crippen LogP contribution in [0.15, 0.2) is 36.5 Å². The highest BCUT2D eigenvalue weighted by Crippen LogP contribution is 2.32. The fraction of sp³-hybridized carbons (Fsp3) is 0.214. The Morgan fingerprint density at radius 1 is 1.14 bits per heavy atom. The molecule has 1 aromatic carbocycles. The third-order valence-electron chi connectivity index (χ3n) is 3.17. The second-order valence-electron chi connectivity index (χ2n) is 4.51. The van der Waals surface area contributed by atoms with E-state index in [1.54, 1.807) is 0 Å². The quantitative estimate of drug-likeness (QED) is 0.852. The molecule has 0 fully saturated rings. The summed E-state index contributed by atoms with van der Waals surface area (Å²) in [4.78, 5) is 3.79. The summed E-state index contributed by atoms with van der Waals surface area (Å²) in [5.74, 6) is -2.42. The van der Waals surface area contributed by atoms with Crippen molar-refractivity contribution in [3.8, 4) is 0 Å². The third kappa shape index (κ3) is 2.74. The lowest BCUT2D eigenvalue weighted by Crippen LogP contribution is -2.45. The van der Waals surface area contributed by atoms with Crippen LogP contribution in [0.2, 0.25) is 0 Å². The van der Waals surface area contributed by atoms with E-state index in [-0.39, 0.29) is 17.9 Å². The Morgan fingerprint density at radius 3 is 2.33 bits per heavy atom. The van der Waals surface area contributed by atoms with Crippen molar-refractivity contribution in [1.29, 1.82) is 0 Å². The van der Waals surface area contributed by atoms with Crippen molar-refractivity contribution in [2.24, 2.45) is 5.73 Å². The summed E-state index contributed by atoms with van der Waals surface area (Å²) in [7, 11) is 0. The van der Waals surface area contributed by atoms with E-state index in [0.29, 0.717) is 11.6 Å². The van der Waals surface area contributed by atoms with Gasteiger partial charge in [-0.3, -0.25) is 4.98 Å². The first-order valence-electron chi connectivity index (χ1n) is 5.98. The molecular formula is C14H12F4N2O. The van der Waals surface area contributed by atoms with Gasteiger partial charge < -0.3 is 10.8 Å². The van der Waals surface area contributed by atoms with E-state index >= 15 is 0 Å². The number of nitrogens with two attached hydrogens (primary N) is 1. The van der Waals surface area contributed by atoms with Crippen LogP contribution in [-0.4, -0.2) is 16.5 Å². The molecule has 7 heteroatoms. The SMILES string of the molecule is NC(c1ccc(F)c(F)c1)(c1ccc(CO)cn1)C(F)F. The fourth-order valence-electron chi connectivity index (χ4n) is 1.90. The molecule has 1 atom stereocenters. The fourth-order valence-corrected chi connectivity index (χ4v) is 1.90. The van der Waals surface area contributed by atoms with Crippen molar-refractivity contribution in [3.05, 3.63) is 65.0 Å². The lowest BCUT2D eigenvalue weighted by atomic mass is 9.87. The van der Waals surface area contributed by atoms with E-state index in [1.165, 1.54) is 18.3 Å². The normalized spacial score (nSPS) is 14.2. The van der Waals surface area contributed by atoms with Gasteiger partial charge in [-0.05, 0) is 29.3 Å². The monoisotopic (exact) mass is 300 g/mol. The minimum Gasteiger partial charge on any atom is -0.392 e. The van der Waals surface area contributed by atoms with E-state index in [4.69, 9.17) is 10.8 Å². The number of rotatable bonds is 4. The van der Waals surface area contributed by atoms with Crippen LogP contribution in [-0.2, 0) is 12.1 Å². The van der Waals surface area contributed by atoms with Gasteiger partial charge in [-0.25, -0.2) is 17.6 Å². The lowest BCUT2D eigenvalue weighted by Gasteiger charge is -2.28. The van der Waals surface area contributed by atoms with Gasteiger partial charge in [0, 0.05) is 6.20 Å². The minimum atomic E-state index is -3.09. The molecule has 0 amide bonds. The van der Waals surface area contributed by atoms with Crippen LogP contribution in [0.4, 0.5) is 17.6 Å². The van der Waals surface area contributed by atoms with Crippen molar-refractivity contribution in [2.45, 2.75) is 18.6 Å². The first kappa shape index (κ1) is 15.4. The topological polar surface area (TPSA) is 59.1 Å². The van der Waals surface area contributed by atoms with E-state index in [1.807, 2.05) is 0 Å². The van der Waals surface area contributed by atoms with Gasteiger partial charge in [0.25, 0.3) is 6.43 Å². The highest BCUT2D eigenvalue weighted by molar-refractivity contribution is 5.36. The molecule has 21 heavy (non-hydrogen) atoms. The molecule has 1 unspecified atom stereocenters. The van der Waals surface area contributed by atoms with Crippen LogP contribution >= 0.6 is 0 Å². The molecule has 0 saturated carbocycles. The molecule has 0 aliphatic heterocycles. The summed E-state index contributed by atoms with van der Waals surface area (Å²) in [6.45, 7) is -0.301. The summed E-state index contributed by atoms with van der Waals surface area (Å²) in [6, 6.07) is 4.96. The van der Waals surface area contributed by atoms with Crippen molar-refractivity contribution < 1.29 is 22.7 Å². The first-order valence-corrected chi connectivity index (χ1v) is 5.98. The van der Waals surface area contributed by atoms with Gasteiger partial charge in [-0.15, -0.1) is 0 Å². The van der Waals surface area contributed by atoms with Gasteiger partial charge in [0.15, 0.2) is 11.6 Å². The average Bonchev–Trinajstić information content (AvgIpc) is 2.49. The van der Waals surface area contributed by atoms with E-state index in [2.05, 4.69) is 4.98 Å². The lowest BCUT2D eigenvalue weighted by molar-refractivity contribution is 0.0718. The second kappa shape index (κ2) is 5.79. The van der Waals surface area contributed by atoms with Gasteiger partial charge in [-0.2, -0.15) is 0 Å². The van der Waals surface area contributed by atoms with Gasteiger partial charge in [0.2, 0.25) is 0 Å². The zero-order valence-corrected chi connectivity index (χ0v) is 10.7. The number of aromatic nitrogens is 1. The molecule has 3 nitrogen and oxygen atoms in total. The van der Waals surface area contributed by atoms with Crippen LogP contribution in [0.3, 0.4) is 0 Å². The van der Waals surface area contributed by atoms with Gasteiger partial charge in [0.05, 0.1) is 12.3 Å². The molecule has 2 rings (SSSR count). The molecule has 0 aliphatic carbocycles. The molecule has 112 valence electrons. The molecule has 0 saturated heterocycles. The highest BCUT2D eigenvalue weighted by atomic mass is 19.3. The Morgan fingerprint density at radius 2 is 1.86 bits per heavy atom. The summed E-state index contributed by atoms with van der Waals surface area (Å²) in [5.41, 5.74) is 3.28. The van der Waals surface area contributed by atoms with Crippen molar-refractivity contribution in [3.63, 3.8) is 0 Å². The number of hydrogen-bond donors (Lipinski definition) is 2. The number of pyridine rings is 1. The van der Waals surface area contributed by atoms with E-state index in [0.717, 1.165) is 12.1 Å². The Hall–Kier alpha value is -1.99. The van der Waals surface area contributed by atoms with E-state index < -0.39 is 23.6 Å². The minimum absolute atomic E-state index is 0.208. The highest BCUT2D eigenvalue weighted by Gasteiger charge is 2.41. The smallest absolute Gasteiger partial charge is 0.266 e. The number of aliphatic hydroxyl groups is 1. The third-order valence-corrected chi connectivity index (χ3v) is 3.17. The summed E-state index contributed by atoms with van der Waals surface area (Å²) in [6.07, 6.45) is -1.89. The van der Waals surface area contributed by atoms with Crippen molar-refractivity contribution in [2.75, 3.05) is 0 Å². The molecule has 1 heterocycles. The first-order chi connectivity index (χ1) is 9.89. The number of hydrogen-bond acceptors (Lipinski definition) is 3. The zero-order valence-electron chi connectivity index (χ0n) is 10.7. The maximum absolute atomic E-state index is 13.4. The molecule has 1 aromatic heterocycles. The Bertz CT molecular complexity index is 633. The van der Waals surface area contributed by atoms with Crippen LogP contribution in [0.1, 0.15) is 16.8 Å². The van der Waals surface area contributed by atoms with Crippen molar-refractivity contribution >= 4 is 0 Å².